The summed E-state index contributed by atoms with van der Waals surface area (Å²) in [5, 5.41) is 8.67. The van der Waals surface area contributed by atoms with Crippen LogP contribution in [0.2, 0.25) is 0 Å². The summed E-state index contributed by atoms with van der Waals surface area (Å²) >= 11 is 0. The van der Waals surface area contributed by atoms with Crippen molar-refractivity contribution in [1.82, 2.24) is 25.9 Å². The van der Waals surface area contributed by atoms with E-state index in [4.69, 9.17) is 24.3 Å². The molecule has 3 fully saturated rings. The van der Waals surface area contributed by atoms with Crippen LogP contribution in [0.4, 0.5) is 10.5 Å². The molecule has 3 aliphatic rings. The highest BCUT2D eigenvalue weighted by Crippen LogP contribution is 2.34. The highest BCUT2D eigenvalue weighted by Gasteiger charge is 2.36. The number of para-hydroxylation sites is 1. The first-order chi connectivity index (χ1) is 17.5. The summed E-state index contributed by atoms with van der Waals surface area (Å²) in [4.78, 5) is 17.0. The summed E-state index contributed by atoms with van der Waals surface area (Å²) in [6, 6.07) is 6.52. The van der Waals surface area contributed by atoms with Gasteiger partial charge in [-0.25, -0.2) is 15.2 Å². The van der Waals surface area contributed by atoms with Gasteiger partial charge in [0.25, 0.3) is 0 Å². The molecule has 3 N–H and O–H groups in total. The highest BCUT2D eigenvalue weighted by atomic mass is 16.6. The second kappa shape index (κ2) is 11.1. The molecule has 1 aliphatic carbocycles. The maximum atomic E-state index is 12.1. The number of aromatic nitrogens is 2. The van der Waals surface area contributed by atoms with E-state index in [9.17, 15) is 4.79 Å². The van der Waals surface area contributed by atoms with Crippen LogP contribution in [0.5, 0.6) is 0 Å². The number of carbonyl (C=O) groups is 1. The van der Waals surface area contributed by atoms with Gasteiger partial charge in [-0.15, -0.1) is 0 Å². The molecule has 36 heavy (non-hydrogen) atoms. The van der Waals surface area contributed by atoms with Crippen LogP contribution in [0.15, 0.2) is 23.2 Å². The Balaban J connectivity index is 1.20. The lowest BCUT2D eigenvalue weighted by Gasteiger charge is -2.18. The van der Waals surface area contributed by atoms with Gasteiger partial charge >= 0.3 is 6.09 Å². The van der Waals surface area contributed by atoms with Crippen molar-refractivity contribution >= 4 is 28.5 Å². The molecule has 196 valence electrons. The van der Waals surface area contributed by atoms with E-state index in [1.54, 1.807) is 0 Å². The minimum atomic E-state index is -0.305. The molecule has 2 aromatic rings. The minimum absolute atomic E-state index is 0.0264. The first-order valence-electron chi connectivity index (χ1n) is 13.2. The van der Waals surface area contributed by atoms with E-state index in [0.717, 1.165) is 73.3 Å². The SMILES string of the molecule is CCC(C)NC(=O)O[C@@H]1CC[C@H](C2CC(=Nc3cccc4c(COC5CCOC5)nn(C)c34)NN2)C1. The smallest absolute Gasteiger partial charge is 0.407 e. The van der Waals surface area contributed by atoms with Crippen molar-refractivity contribution in [3.05, 3.63) is 23.9 Å². The number of hydrazine groups is 1. The molecule has 5 rings (SSSR count). The molecule has 1 saturated carbocycles. The Morgan fingerprint density at radius 2 is 2.22 bits per heavy atom. The molecule has 2 aliphatic heterocycles. The molecular weight excluding hydrogens is 460 g/mol. The Kier molecular flexibility index (Phi) is 7.73. The number of hydrogen-bond donors (Lipinski definition) is 3. The average Bonchev–Trinajstić information content (AvgIpc) is 3.66. The lowest BCUT2D eigenvalue weighted by atomic mass is 9.96. The summed E-state index contributed by atoms with van der Waals surface area (Å²) < 4.78 is 19.0. The molecular formula is C26H38N6O4. The molecule has 2 saturated heterocycles. The van der Waals surface area contributed by atoms with E-state index in [1.807, 2.05) is 37.7 Å². The van der Waals surface area contributed by atoms with Crippen LogP contribution >= 0.6 is 0 Å². The van der Waals surface area contributed by atoms with E-state index in [-0.39, 0.29) is 30.4 Å². The zero-order chi connectivity index (χ0) is 25.1. The van der Waals surface area contributed by atoms with E-state index in [1.165, 1.54) is 0 Å². The van der Waals surface area contributed by atoms with Gasteiger partial charge in [0.1, 0.15) is 11.9 Å². The third-order valence-electron chi connectivity index (χ3n) is 7.58. The van der Waals surface area contributed by atoms with Crippen molar-refractivity contribution < 1.29 is 19.0 Å². The number of amidine groups is 1. The Morgan fingerprint density at radius 3 is 3.03 bits per heavy atom. The van der Waals surface area contributed by atoms with Crippen molar-refractivity contribution in [2.75, 3.05) is 13.2 Å². The molecule has 3 unspecified atom stereocenters. The van der Waals surface area contributed by atoms with Crippen molar-refractivity contribution in [2.45, 2.75) is 83.3 Å². The Bertz CT molecular complexity index is 1100. The van der Waals surface area contributed by atoms with Crippen LogP contribution in [-0.2, 0) is 27.9 Å². The van der Waals surface area contributed by atoms with Crippen LogP contribution < -0.4 is 16.2 Å². The van der Waals surface area contributed by atoms with E-state index in [0.29, 0.717) is 19.1 Å². The van der Waals surface area contributed by atoms with Gasteiger partial charge < -0.3 is 25.0 Å². The Morgan fingerprint density at radius 1 is 1.33 bits per heavy atom. The average molecular weight is 499 g/mol. The minimum Gasteiger partial charge on any atom is -0.446 e. The summed E-state index contributed by atoms with van der Waals surface area (Å²) in [7, 11) is 1.95. The predicted octanol–water partition coefficient (Wildman–Crippen LogP) is 3.47. The van der Waals surface area contributed by atoms with Crippen LogP contribution in [0, 0.1) is 5.92 Å². The van der Waals surface area contributed by atoms with Gasteiger partial charge in [0.05, 0.1) is 36.2 Å². The molecule has 5 atom stereocenters. The number of benzene rings is 1. The topological polar surface area (TPSA) is 111 Å². The van der Waals surface area contributed by atoms with Crippen LogP contribution in [0.3, 0.4) is 0 Å². The second-order valence-corrected chi connectivity index (χ2v) is 10.2. The molecule has 0 bridgehead atoms. The van der Waals surface area contributed by atoms with Crippen molar-refractivity contribution in [3.63, 3.8) is 0 Å². The number of amides is 1. The number of fused-ring (bicyclic) bond motifs is 1. The first-order valence-corrected chi connectivity index (χ1v) is 13.2. The largest absolute Gasteiger partial charge is 0.446 e. The summed E-state index contributed by atoms with van der Waals surface area (Å²) in [6.45, 7) is 5.92. The Hall–Kier alpha value is -2.69. The van der Waals surface area contributed by atoms with Gasteiger partial charge in [0, 0.05) is 37.5 Å². The maximum Gasteiger partial charge on any atom is 0.407 e. The van der Waals surface area contributed by atoms with Gasteiger partial charge in [-0.1, -0.05) is 19.1 Å². The highest BCUT2D eigenvalue weighted by molar-refractivity contribution is 5.95. The quantitative estimate of drug-likeness (QED) is 0.511. The maximum absolute atomic E-state index is 12.1. The molecule has 1 amide bonds. The lowest BCUT2D eigenvalue weighted by Crippen LogP contribution is -2.36. The van der Waals surface area contributed by atoms with E-state index < -0.39 is 0 Å². The van der Waals surface area contributed by atoms with Crippen LogP contribution in [0.25, 0.3) is 10.9 Å². The third kappa shape index (κ3) is 5.66. The fraction of sp³-hybridized carbons (Fsp3) is 0.654. The summed E-state index contributed by atoms with van der Waals surface area (Å²) in [5.41, 5.74) is 9.51. The molecule has 1 aromatic carbocycles. The number of aliphatic imine (C=N–C) groups is 1. The number of nitrogens with one attached hydrogen (secondary N) is 3. The first kappa shape index (κ1) is 25.0. The van der Waals surface area contributed by atoms with E-state index in [2.05, 4.69) is 22.2 Å². The molecule has 1 aromatic heterocycles. The normalized spacial score (nSPS) is 28.0. The zero-order valence-corrected chi connectivity index (χ0v) is 21.5. The van der Waals surface area contributed by atoms with Gasteiger partial charge in [0.15, 0.2) is 0 Å². The number of ether oxygens (including phenoxy) is 3. The monoisotopic (exact) mass is 498 g/mol. The molecule has 10 heteroatoms. The van der Waals surface area contributed by atoms with Crippen LogP contribution in [-0.4, -0.2) is 59.2 Å². The van der Waals surface area contributed by atoms with Gasteiger partial charge in [-0.05, 0) is 51.0 Å². The molecule has 0 spiro atoms. The van der Waals surface area contributed by atoms with Crippen molar-refractivity contribution in [3.8, 4) is 0 Å². The van der Waals surface area contributed by atoms with Crippen LogP contribution in [0.1, 0.15) is 58.1 Å². The van der Waals surface area contributed by atoms with Gasteiger partial charge in [0.2, 0.25) is 0 Å². The molecule has 10 nitrogen and oxygen atoms in total. The number of rotatable bonds is 8. The van der Waals surface area contributed by atoms with E-state index >= 15 is 0 Å². The summed E-state index contributed by atoms with van der Waals surface area (Å²) in [5.74, 6) is 1.34. The third-order valence-corrected chi connectivity index (χ3v) is 7.58. The summed E-state index contributed by atoms with van der Waals surface area (Å²) in [6.07, 6.45) is 5.24. The second-order valence-electron chi connectivity index (χ2n) is 10.2. The number of aryl methyl sites for hydroxylation is 1. The van der Waals surface area contributed by atoms with Crippen molar-refractivity contribution in [1.29, 1.82) is 0 Å². The fourth-order valence-corrected chi connectivity index (χ4v) is 5.35. The van der Waals surface area contributed by atoms with Gasteiger partial charge in [-0.3, -0.25) is 4.68 Å². The lowest BCUT2D eigenvalue weighted by molar-refractivity contribution is 0.0304. The van der Waals surface area contributed by atoms with Gasteiger partial charge in [-0.2, -0.15) is 5.10 Å². The molecule has 0 radical (unpaired) electrons. The zero-order valence-electron chi connectivity index (χ0n) is 21.5. The predicted molar refractivity (Wildman–Crippen MR) is 137 cm³/mol. The number of carbonyl (C=O) groups excluding carboxylic acids is 1. The number of alkyl carbamates (subject to hydrolysis) is 1. The standard InChI is InChI=1S/C26H38N6O4/c1-4-16(2)27-26(33)36-18-9-8-17(12-18)22-13-24(30-29-22)28-21-7-5-6-20-23(31-32(3)25(20)21)15-35-19-10-11-34-14-19/h5-7,16-19,22,29H,4,8-15H2,1-3H3,(H,27,33)(H,28,30)/t16?,17-,18+,19?,22?/m0/s1. The fourth-order valence-electron chi connectivity index (χ4n) is 5.35. The Labute approximate surface area is 212 Å². The number of nitrogens with zero attached hydrogens (tertiary/aromatic N) is 3. The molecule has 3 heterocycles. The van der Waals surface area contributed by atoms with Crippen molar-refractivity contribution in [2.24, 2.45) is 18.0 Å². The number of hydrogen-bond acceptors (Lipinski definition) is 7.